The molecule has 0 aliphatic carbocycles. The highest BCUT2D eigenvalue weighted by atomic mass is 16.1. The van der Waals surface area contributed by atoms with Crippen molar-refractivity contribution >= 4 is 23.5 Å². The zero-order valence-corrected chi connectivity index (χ0v) is 13.4. The standard InChI is InChI=1S/C18H23N3O/c1-6-15(13(3)4)12-19-14(5)20-16-10-8-9-11-17(16)21-18(22)7-2/h7-12,20H,2,5-6H2,1,3-4H3,(H,21,22)/b19-12-. The van der Waals surface area contributed by atoms with Gasteiger partial charge >= 0.3 is 0 Å². The molecule has 0 atom stereocenters. The number of para-hydroxylation sites is 2. The molecule has 4 nitrogen and oxygen atoms in total. The zero-order valence-electron chi connectivity index (χ0n) is 13.4. The van der Waals surface area contributed by atoms with Crippen LogP contribution in [0.4, 0.5) is 11.4 Å². The van der Waals surface area contributed by atoms with Crippen molar-refractivity contribution in [2.24, 2.45) is 4.99 Å². The molecule has 1 aromatic carbocycles. The van der Waals surface area contributed by atoms with E-state index in [1.165, 1.54) is 17.2 Å². The molecule has 1 amide bonds. The lowest BCUT2D eigenvalue weighted by Gasteiger charge is -2.11. The molecule has 4 heteroatoms. The molecule has 1 aromatic rings. The smallest absolute Gasteiger partial charge is 0.247 e. The minimum absolute atomic E-state index is 0.263. The zero-order chi connectivity index (χ0) is 16.5. The van der Waals surface area contributed by atoms with Crippen molar-refractivity contribution in [3.05, 3.63) is 60.5 Å². The van der Waals surface area contributed by atoms with Gasteiger partial charge in [0.15, 0.2) is 0 Å². The lowest BCUT2D eigenvalue weighted by Crippen LogP contribution is -2.09. The van der Waals surface area contributed by atoms with Gasteiger partial charge in [-0.1, -0.05) is 37.8 Å². The lowest BCUT2D eigenvalue weighted by molar-refractivity contribution is -0.111. The second kappa shape index (κ2) is 8.62. The van der Waals surface area contributed by atoms with Gasteiger partial charge in [0.2, 0.25) is 5.91 Å². The molecule has 0 radical (unpaired) electrons. The van der Waals surface area contributed by atoms with Crippen LogP contribution in [0.3, 0.4) is 0 Å². The van der Waals surface area contributed by atoms with Crippen LogP contribution in [0, 0.1) is 0 Å². The minimum Gasteiger partial charge on any atom is -0.339 e. The lowest BCUT2D eigenvalue weighted by atomic mass is 10.1. The summed E-state index contributed by atoms with van der Waals surface area (Å²) in [6, 6.07) is 7.36. The number of aliphatic imine (C=N–C) groups is 1. The molecule has 0 saturated carbocycles. The van der Waals surface area contributed by atoms with Gasteiger partial charge in [-0.05, 0) is 44.1 Å². The van der Waals surface area contributed by atoms with Crippen LogP contribution in [-0.2, 0) is 4.79 Å². The van der Waals surface area contributed by atoms with Crippen molar-refractivity contribution in [3.63, 3.8) is 0 Å². The molecule has 0 bridgehead atoms. The van der Waals surface area contributed by atoms with Crippen LogP contribution in [0.25, 0.3) is 0 Å². The van der Waals surface area contributed by atoms with Crippen LogP contribution in [0.5, 0.6) is 0 Å². The van der Waals surface area contributed by atoms with Gasteiger partial charge in [0, 0.05) is 6.21 Å². The van der Waals surface area contributed by atoms with E-state index in [0.717, 1.165) is 12.1 Å². The Labute approximate surface area is 132 Å². The Kier molecular flexibility index (Phi) is 6.83. The van der Waals surface area contributed by atoms with Gasteiger partial charge in [0.25, 0.3) is 0 Å². The molecule has 22 heavy (non-hydrogen) atoms. The average molecular weight is 297 g/mol. The first kappa shape index (κ1) is 17.4. The Hall–Kier alpha value is -2.62. The van der Waals surface area contributed by atoms with E-state index in [2.05, 4.69) is 49.6 Å². The van der Waals surface area contributed by atoms with Crippen LogP contribution in [0.2, 0.25) is 0 Å². The van der Waals surface area contributed by atoms with Crippen molar-refractivity contribution in [1.82, 2.24) is 0 Å². The van der Waals surface area contributed by atoms with E-state index < -0.39 is 0 Å². The van der Waals surface area contributed by atoms with Gasteiger partial charge in [0.05, 0.1) is 11.4 Å². The van der Waals surface area contributed by atoms with Gasteiger partial charge in [-0.3, -0.25) is 4.79 Å². The van der Waals surface area contributed by atoms with Crippen molar-refractivity contribution in [1.29, 1.82) is 0 Å². The second-order valence-corrected chi connectivity index (χ2v) is 4.95. The normalized spacial score (nSPS) is 10.1. The fourth-order valence-electron chi connectivity index (χ4n) is 1.80. The molecule has 116 valence electrons. The van der Waals surface area contributed by atoms with Crippen molar-refractivity contribution in [2.45, 2.75) is 27.2 Å². The van der Waals surface area contributed by atoms with Gasteiger partial charge in [-0.2, -0.15) is 0 Å². The average Bonchev–Trinajstić information content (AvgIpc) is 2.49. The van der Waals surface area contributed by atoms with E-state index in [4.69, 9.17) is 0 Å². The summed E-state index contributed by atoms with van der Waals surface area (Å²) in [7, 11) is 0. The van der Waals surface area contributed by atoms with E-state index in [1.54, 1.807) is 6.07 Å². The van der Waals surface area contributed by atoms with Gasteiger partial charge in [-0.15, -0.1) is 0 Å². The molecule has 0 heterocycles. The van der Waals surface area contributed by atoms with Crippen LogP contribution >= 0.6 is 0 Å². The molecular formula is C18H23N3O. The molecule has 0 saturated heterocycles. The molecular weight excluding hydrogens is 274 g/mol. The number of hydrogen-bond acceptors (Lipinski definition) is 3. The van der Waals surface area contributed by atoms with E-state index in [-0.39, 0.29) is 5.91 Å². The summed E-state index contributed by atoms with van der Waals surface area (Å²) < 4.78 is 0. The van der Waals surface area contributed by atoms with Crippen molar-refractivity contribution in [3.8, 4) is 0 Å². The third kappa shape index (κ3) is 5.40. The van der Waals surface area contributed by atoms with E-state index in [1.807, 2.05) is 24.4 Å². The molecule has 0 fully saturated rings. The predicted octanol–water partition coefficient (Wildman–Crippen LogP) is 4.51. The van der Waals surface area contributed by atoms with Crippen molar-refractivity contribution < 1.29 is 4.79 Å². The number of nitrogens with zero attached hydrogens (tertiary/aromatic N) is 1. The number of carbonyl (C=O) groups excluding carboxylic acids is 1. The fourth-order valence-corrected chi connectivity index (χ4v) is 1.80. The van der Waals surface area contributed by atoms with E-state index in [9.17, 15) is 4.79 Å². The number of anilines is 2. The van der Waals surface area contributed by atoms with Gasteiger partial charge in [-0.25, -0.2) is 4.99 Å². The highest BCUT2D eigenvalue weighted by Gasteiger charge is 2.04. The molecule has 0 spiro atoms. The van der Waals surface area contributed by atoms with E-state index >= 15 is 0 Å². The molecule has 0 aliphatic heterocycles. The summed E-state index contributed by atoms with van der Waals surface area (Å²) in [5.41, 5.74) is 3.80. The number of hydrogen-bond donors (Lipinski definition) is 2. The van der Waals surface area contributed by atoms with E-state index in [0.29, 0.717) is 11.5 Å². The maximum atomic E-state index is 11.4. The minimum atomic E-state index is -0.263. The van der Waals surface area contributed by atoms with Crippen molar-refractivity contribution in [2.75, 3.05) is 10.6 Å². The number of nitrogens with one attached hydrogen (secondary N) is 2. The predicted molar refractivity (Wildman–Crippen MR) is 95.2 cm³/mol. The highest BCUT2D eigenvalue weighted by Crippen LogP contribution is 2.22. The SMILES string of the molecule is C=CC(=O)Nc1ccccc1NC(=C)/N=C\C(CC)=C(C)C. The third-order valence-electron chi connectivity index (χ3n) is 3.05. The molecule has 0 aromatic heterocycles. The number of carbonyl (C=O) groups is 1. The first-order valence-corrected chi connectivity index (χ1v) is 7.16. The van der Waals surface area contributed by atoms with Crippen LogP contribution < -0.4 is 10.6 Å². The van der Waals surface area contributed by atoms with Crippen LogP contribution in [0.1, 0.15) is 27.2 Å². The quantitative estimate of drug-likeness (QED) is 0.574. The largest absolute Gasteiger partial charge is 0.339 e. The Bertz CT molecular complexity index is 623. The Morgan fingerprint density at radius 1 is 1.23 bits per heavy atom. The summed E-state index contributed by atoms with van der Waals surface area (Å²) in [4.78, 5) is 15.8. The summed E-state index contributed by atoms with van der Waals surface area (Å²) in [6.07, 6.45) is 3.97. The summed E-state index contributed by atoms with van der Waals surface area (Å²) in [5.74, 6) is 0.244. The van der Waals surface area contributed by atoms with Gasteiger partial charge in [0.1, 0.15) is 5.82 Å². The summed E-state index contributed by atoms with van der Waals surface area (Å²) in [5, 5.41) is 5.83. The Balaban J connectivity index is 2.85. The maximum Gasteiger partial charge on any atom is 0.247 e. The Morgan fingerprint density at radius 3 is 2.32 bits per heavy atom. The number of amides is 1. The fraction of sp³-hybridized carbons (Fsp3) is 0.222. The maximum absolute atomic E-state index is 11.4. The Morgan fingerprint density at radius 2 is 1.82 bits per heavy atom. The summed E-state index contributed by atoms with van der Waals surface area (Å²) >= 11 is 0. The van der Waals surface area contributed by atoms with Crippen LogP contribution in [0.15, 0.2) is 65.5 Å². The van der Waals surface area contributed by atoms with Gasteiger partial charge < -0.3 is 10.6 Å². The third-order valence-corrected chi connectivity index (χ3v) is 3.05. The topological polar surface area (TPSA) is 53.5 Å². The molecule has 1 rings (SSSR count). The van der Waals surface area contributed by atoms with Crippen LogP contribution in [-0.4, -0.2) is 12.1 Å². The molecule has 0 aliphatic rings. The first-order chi connectivity index (χ1) is 10.5. The molecule has 2 N–H and O–H groups in total. The number of allylic oxidation sites excluding steroid dienone is 2. The number of benzene rings is 1. The second-order valence-electron chi connectivity index (χ2n) is 4.95. The monoisotopic (exact) mass is 297 g/mol. The number of rotatable bonds is 7. The highest BCUT2D eigenvalue weighted by molar-refractivity contribution is 6.01. The molecule has 0 unspecified atom stereocenters. The first-order valence-electron chi connectivity index (χ1n) is 7.16. The summed E-state index contributed by atoms with van der Waals surface area (Å²) in [6.45, 7) is 13.5.